The van der Waals surface area contributed by atoms with Gasteiger partial charge >= 0.3 is 0 Å². The molecule has 3 rings (SSSR count). The number of aromatic nitrogens is 2. The van der Waals surface area contributed by atoms with Gasteiger partial charge in [0.25, 0.3) is 5.91 Å². The highest BCUT2D eigenvalue weighted by molar-refractivity contribution is 5.92. The van der Waals surface area contributed by atoms with Gasteiger partial charge < -0.3 is 9.80 Å². The molecule has 0 unspecified atom stereocenters. The summed E-state index contributed by atoms with van der Waals surface area (Å²) in [5.74, 6) is 1.47. The maximum Gasteiger partial charge on any atom is 0.274 e. The second kappa shape index (κ2) is 9.49. The number of hydrogen-bond acceptors (Lipinski definition) is 4. The number of carbonyl (C=O) groups excluding carboxylic acids is 1. The third-order valence-electron chi connectivity index (χ3n) is 5.36. The summed E-state index contributed by atoms with van der Waals surface area (Å²) in [5.41, 5.74) is 1.83. The molecule has 0 bridgehead atoms. The minimum Gasteiger partial charge on any atom is -0.358 e. The van der Waals surface area contributed by atoms with Gasteiger partial charge in [0.1, 0.15) is 11.5 Å². The van der Waals surface area contributed by atoms with E-state index in [1.54, 1.807) is 12.4 Å². The molecule has 1 aliphatic heterocycles. The Morgan fingerprint density at radius 2 is 1.89 bits per heavy atom. The van der Waals surface area contributed by atoms with Crippen molar-refractivity contribution in [3.63, 3.8) is 0 Å². The first-order valence-corrected chi connectivity index (χ1v) is 10.0. The van der Waals surface area contributed by atoms with E-state index in [0.717, 1.165) is 57.6 Å². The van der Waals surface area contributed by atoms with Gasteiger partial charge in [0, 0.05) is 26.7 Å². The summed E-state index contributed by atoms with van der Waals surface area (Å²) >= 11 is 0. The first-order chi connectivity index (χ1) is 13.2. The molecule has 0 saturated carbocycles. The lowest BCUT2D eigenvalue weighted by Crippen LogP contribution is -2.39. The van der Waals surface area contributed by atoms with Crippen LogP contribution >= 0.6 is 0 Å². The first kappa shape index (κ1) is 19.3. The Morgan fingerprint density at radius 3 is 2.52 bits per heavy atom. The largest absolute Gasteiger partial charge is 0.358 e. The average molecular weight is 367 g/mol. The molecule has 0 atom stereocenters. The number of likely N-dealkylation sites (tertiary alicyclic amines) is 1. The van der Waals surface area contributed by atoms with Crippen LogP contribution in [-0.4, -0.2) is 47.5 Å². The zero-order valence-corrected chi connectivity index (χ0v) is 16.5. The number of piperidine rings is 1. The lowest BCUT2D eigenvalue weighted by molar-refractivity contribution is 0.0684. The number of benzene rings is 1. The van der Waals surface area contributed by atoms with E-state index in [-0.39, 0.29) is 5.91 Å². The van der Waals surface area contributed by atoms with Crippen molar-refractivity contribution in [3.05, 3.63) is 54.0 Å². The van der Waals surface area contributed by atoms with Crippen LogP contribution in [0.15, 0.2) is 42.7 Å². The molecule has 2 aromatic rings. The molecule has 144 valence electrons. The summed E-state index contributed by atoms with van der Waals surface area (Å²) in [5, 5.41) is 0. The molecule has 1 aromatic carbocycles. The van der Waals surface area contributed by atoms with Crippen LogP contribution in [0.5, 0.6) is 0 Å². The van der Waals surface area contributed by atoms with Gasteiger partial charge in [0.15, 0.2) is 0 Å². The lowest BCUT2D eigenvalue weighted by Gasteiger charge is -2.32. The summed E-state index contributed by atoms with van der Waals surface area (Å²) in [7, 11) is 2.01. The first-order valence-electron chi connectivity index (χ1n) is 10.0. The maximum absolute atomic E-state index is 12.7. The monoisotopic (exact) mass is 366 g/mol. The number of hydrogen-bond donors (Lipinski definition) is 0. The summed E-state index contributed by atoms with van der Waals surface area (Å²) < 4.78 is 0. The van der Waals surface area contributed by atoms with Gasteiger partial charge in [-0.25, -0.2) is 9.97 Å². The van der Waals surface area contributed by atoms with E-state index in [4.69, 9.17) is 0 Å². The van der Waals surface area contributed by atoms with Gasteiger partial charge in [0.05, 0.1) is 12.4 Å². The highest BCUT2D eigenvalue weighted by atomic mass is 16.2. The molecule has 0 spiro atoms. The molecule has 1 amide bonds. The van der Waals surface area contributed by atoms with Crippen LogP contribution in [0.2, 0.25) is 0 Å². The van der Waals surface area contributed by atoms with E-state index < -0.39 is 0 Å². The van der Waals surface area contributed by atoms with E-state index in [2.05, 4.69) is 52.1 Å². The molecule has 0 radical (unpaired) electrons. The average Bonchev–Trinajstić information content (AvgIpc) is 2.73. The zero-order valence-electron chi connectivity index (χ0n) is 16.5. The Labute approximate surface area is 162 Å². The number of amides is 1. The molecule has 2 heterocycles. The van der Waals surface area contributed by atoms with Crippen LogP contribution in [0.4, 0.5) is 5.82 Å². The van der Waals surface area contributed by atoms with E-state index in [1.165, 1.54) is 5.56 Å². The van der Waals surface area contributed by atoms with Crippen molar-refractivity contribution in [3.8, 4) is 0 Å². The standard InChI is InChI=1S/C22H30N4O/c1-3-4-12-25(2)21-17-23-20(16-24-21)22(27)26-13-10-19(11-14-26)15-18-8-6-5-7-9-18/h5-9,16-17,19H,3-4,10-15H2,1-2H3. The summed E-state index contributed by atoms with van der Waals surface area (Å²) in [6.07, 6.45) is 8.80. The molecule has 1 saturated heterocycles. The highest BCUT2D eigenvalue weighted by Crippen LogP contribution is 2.22. The molecule has 0 aliphatic carbocycles. The number of unbranched alkanes of at least 4 members (excludes halogenated alkanes) is 1. The molecule has 5 nitrogen and oxygen atoms in total. The summed E-state index contributed by atoms with van der Waals surface area (Å²) in [4.78, 5) is 25.5. The molecular weight excluding hydrogens is 336 g/mol. The van der Waals surface area contributed by atoms with Crippen LogP contribution in [0.25, 0.3) is 0 Å². The zero-order chi connectivity index (χ0) is 19.1. The van der Waals surface area contributed by atoms with E-state index in [1.807, 2.05) is 11.9 Å². The van der Waals surface area contributed by atoms with Crippen molar-refractivity contribution in [2.24, 2.45) is 5.92 Å². The fourth-order valence-electron chi connectivity index (χ4n) is 3.59. The fraction of sp³-hybridized carbons (Fsp3) is 0.500. The van der Waals surface area contributed by atoms with Crippen LogP contribution in [0.3, 0.4) is 0 Å². The summed E-state index contributed by atoms with van der Waals surface area (Å²) in [6, 6.07) is 10.6. The third kappa shape index (κ3) is 5.28. The van der Waals surface area contributed by atoms with Gasteiger partial charge in [-0.1, -0.05) is 43.7 Å². The van der Waals surface area contributed by atoms with Crippen molar-refractivity contribution in [1.82, 2.24) is 14.9 Å². The topological polar surface area (TPSA) is 49.3 Å². The molecule has 0 N–H and O–H groups in total. The summed E-state index contributed by atoms with van der Waals surface area (Å²) in [6.45, 7) is 4.73. The van der Waals surface area contributed by atoms with Gasteiger partial charge in [-0.2, -0.15) is 0 Å². The smallest absolute Gasteiger partial charge is 0.274 e. The number of nitrogens with zero attached hydrogens (tertiary/aromatic N) is 4. The van der Waals surface area contributed by atoms with Crippen molar-refractivity contribution < 1.29 is 4.79 Å². The van der Waals surface area contributed by atoms with Crippen molar-refractivity contribution >= 4 is 11.7 Å². The van der Waals surface area contributed by atoms with E-state index in [9.17, 15) is 4.79 Å². The predicted octanol–water partition coefficient (Wildman–Crippen LogP) is 3.81. The number of anilines is 1. The third-order valence-corrected chi connectivity index (χ3v) is 5.36. The number of rotatable bonds is 7. The Kier molecular flexibility index (Phi) is 6.80. The minimum atomic E-state index is 0.00317. The van der Waals surface area contributed by atoms with Crippen LogP contribution in [0, 0.1) is 5.92 Å². The predicted molar refractivity (Wildman–Crippen MR) is 109 cm³/mol. The fourth-order valence-corrected chi connectivity index (χ4v) is 3.59. The Bertz CT molecular complexity index is 709. The molecule has 27 heavy (non-hydrogen) atoms. The second-order valence-corrected chi connectivity index (χ2v) is 7.46. The second-order valence-electron chi connectivity index (χ2n) is 7.46. The minimum absolute atomic E-state index is 0.00317. The van der Waals surface area contributed by atoms with Crippen molar-refractivity contribution in [1.29, 1.82) is 0 Å². The quantitative estimate of drug-likeness (QED) is 0.748. The molecule has 1 fully saturated rings. The molecule has 5 heteroatoms. The van der Waals surface area contributed by atoms with Gasteiger partial charge in [0.2, 0.25) is 0 Å². The van der Waals surface area contributed by atoms with Crippen molar-refractivity contribution in [2.45, 2.75) is 39.0 Å². The molecule has 1 aliphatic rings. The lowest BCUT2D eigenvalue weighted by atomic mass is 9.90. The van der Waals surface area contributed by atoms with Gasteiger partial charge in [-0.05, 0) is 37.2 Å². The SMILES string of the molecule is CCCCN(C)c1cnc(C(=O)N2CCC(Cc3ccccc3)CC2)cn1. The van der Waals surface area contributed by atoms with Crippen molar-refractivity contribution in [2.75, 3.05) is 31.6 Å². The van der Waals surface area contributed by atoms with Gasteiger partial charge in [-0.15, -0.1) is 0 Å². The highest BCUT2D eigenvalue weighted by Gasteiger charge is 2.24. The van der Waals surface area contributed by atoms with Crippen LogP contribution in [0.1, 0.15) is 48.7 Å². The Morgan fingerprint density at radius 1 is 1.15 bits per heavy atom. The molecular formula is C22H30N4O. The van der Waals surface area contributed by atoms with Crippen LogP contribution in [-0.2, 0) is 6.42 Å². The van der Waals surface area contributed by atoms with E-state index >= 15 is 0 Å². The normalized spacial score (nSPS) is 15.0. The number of carbonyl (C=O) groups is 1. The Hall–Kier alpha value is -2.43. The maximum atomic E-state index is 12.7. The Balaban J connectivity index is 1.51. The van der Waals surface area contributed by atoms with Gasteiger partial charge in [-0.3, -0.25) is 4.79 Å². The molecule has 1 aromatic heterocycles. The van der Waals surface area contributed by atoms with E-state index in [0.29, 0.717) is 11.6 Å². The van der Waals surface area contributed by atoms with Crippen LogP contribution < -0.4 is 4.90 Å².